The fraction of sp³-hybridized carbons (Fsp3) is 0.333. The number of anilines is 2. The Labute approximate surface area is 164 Å². The molecule has 2 aromatic carbocycles. The summed E-state index contributed by atoms with van der Waals surface area (Å²) in [6, 6.07) is 14.9. The van der Waals surface area contributed by atoms with E-state index in [0.29, 0.717) is 5.02 Å². The van der Waals surface area contributed by atoms with Crippen LogP contribution in [0.25, 0.3) is 0 Å². The maximum absolute atomic E-state index is 12.0. The zero-order valence-corrected chi connectivity index (χ0v) is 16.0. The summed E-state index contributed by atoms with van der Waals surface area (Å²) in [5.41, 5.74) is 2.77. The fourth-order valence-corrected chi connectivity index (χ4v) is 3.27. The standard InChI is InChI=1S/C21H24ClN3O2/c22-17-6-4-16(5-7-17)14-20(26)23-15-21(27)24-18-8-10-19(11-9-18)25-12-2-1-3-13-25/h4-11H,1-3,12-15H2,(H,23,26)(H,24,27). The van der Waals surface area contributed by atoms with E-state index in [0.717, 1.165) is 24.3 Å². The number of carbonyl (C=O) groups is 2. The van der Waals surface area contributed by atoms with Crippen molar-refractivity contribution in [2.24, 2.45) is 0 Å². The van der Waals surface area contributed by atoms with Crippen LogP contribution in [0, 0.1) is 0 Å². The molecule has 6 heteroatoms. The minimum atomic E-state index is -0.245. The molecule has 0 spiro atoms. The van der Waals surface area contributed by atoms with Gasteiger partial charge in [-0.05, 0) is 61.2 Å². The summed E-state index contributed by atoms with van der Waals surface area (Å²) in [5, 5.41) is 6.08. The Morgan fingerprint density at radius 1 is 0.889 bits per heavy atom. The van der Waals surface area contributed by atoms with Crippen LogP contribution in [0.4, 0.5) is 11.4 Å². The molecule has 0 atom stereocenters. The molecule has 2 aromatic rings. The molecule has 2 N–H and O–H groups in total. The van der Waals surface area contributed by atoms with E-state index in [1.165, 1.54) is 24.9 Å². The first-order valence-corrected chi connectivity index (χ1v) is 9.64. The topological polar surface area (TPSA) is 61.4 Å². The van der Waals surface area contributed by atoms with Crippen LogP contribution in [-0.4, -0.2) is 31.4 Å². The highest BCUT2D eigenvalue weighted by Crippen LogP contribution is 2.21. The van der Waals surface area contributed by atoms with Crippen LogP contribution < -0.4 is 15.5 Å². The van der Waals surface area contributed by atoms with Crippen LogP contribution in [0.1, 0.15) is 24.8 Å². The number of carbonyl (C=O) groups excluding carboxylic acids is 2. The van der Waals surface area contributed by atoms with E-state index in [2.05, 4.69) is 15.5 Å². The molecule has 1 aliphatic rings. The number of rotatable bonds is 6. The third-order valence-electron chi connectivity index (χ3n) is 4.60. The van der Waals surface area contributed by atoms with Crippen LogP contribution in [0.5, 0.6) is 0 Å². The summed E-state index contributed by atoms with van der Waals surface area (Å²) in [6.07, 6.45) is 3.98. The molecular weight excluding hydrogens is 362 g/mol. The van der Waals surface area contributed by atoms with Gasteiger partial charge in [0.2, 0.25) is 11.8 Å². The minimum absolute atomic E-state index is 0.0553. The van der Waals surface area contributed by atoms with Gasteiger partial charge in [0.15, 0.2) is 0 Å². The Balaban J connectivity index is 1.43. The van der Waals surface area contributed by atoms with Crippen molar-refractivity contribution >= 4 is 34.8 Å². The van der Waals surface area contributed by atoms with E-state index in [-0.39, 0.29) is 24.8 Å². The van der Waals surface area contributed by atoms with Crippen LogP contribution in [0.15, 0.2) is 48.5 Å². The molecule has 1 fully saturated rings. The molecule has 1 saturated heterocycles. The predicted octanol–water partition coefficient (Wildman–Crippen LogP) is 3.63. The third kappa shape index (κ3) is 6.00. The normalized spacial score (nSPS) is 13.9. The smallest absolute Gasteiger partial charge is 0.243 e. The van der Waals surface area contributed by atoms with Crippen LogP contribution in [0.3, 0.4) is 0 Å². The quantitative estimate of drug-likeness (QED) is 0.798. The van der Waals surface area contributed by atoms with Crippen LogP contribution in [0.2, 0.25) is 5.02 Å². The average Bonchev–Trinajstić information content (AvgIpc) is 2.69. The highest BCUT2D eigenvalue weighted by atomic mass is 35.5. The van der Waals surface area contributed by atoms with Crippen molar-refractivity contribution in [2.45, 2.75) is 25.7 Å². The molecule has 5 nitrogen and oxygen atoms in total. The lowest BCUT2D eigenvalue weighted by molar-refractivity contribution is -0.123. The van der Waals surface area contributed by atoms with E-state index in [4.69, 9.17) is 11.6 Å². The number of benzene rings is 2. The molecule has 0 bridgehead atoms. The lowest BCUT2D eigenvalue weighted by Crippen LogP contribution is -2.33. The summed E-state index contributed by atoms with van der Waals surface area (Å²) < 4.78 is 0. The monoisotopic (exact) mass is 385 g/mol. The van der Waals surface area contributed by atoms with Gasteiger partial charge in [-0.15, -0.1) is 0 Å². The lowest BCUT2D eigenvalue weighted by atomic mass is 10.1. The molecular formula is C21H24ClN3O2. The van der Waals surface area contributed by atoms with Crippen molar-refractivity contribution in [1.82, 2.24) is 5.32 Å². The van der Waals surface area contributed by atoms with Gasteiger partial charge in [0.05, 0.1) is 13.0 Å². The van der Waals surface area contributed by atoms with Crippen molar-refractivity contribution in [3.63, 3.8) is 0 Å². The van der Waals surface area contributed by atoms with Crippen molar-refractivity contribution in [1.29, 1.82) is 0 Å². The third-order valence-corrected chi connectivity index (χ3v) is 4.85. The van der Waals surface area contributed by atoms with Gasteiger partial charge in [0, 0.05) is 29.5 Å². The SMILES string of the molecule is O=C(Cc1ccc(Cl)cc1)NCC(=O)Nc1ccc(N2CCCCC2)cc1. The Kier molecular flexibility index (Phi) is 6.71. The summed E-state index contributed by atoms with van der Waals surface area (Å²) in [7, 11) is 0. The van der Waals surface area contributed by atoms with Crippen molar-refractivity contribution in [3.8, 4) is 0 Å². The lowest BCUT2D eigenvalue weighted by Gasteiger charge is -2.28. The maximum atomic E-state index is 12.0. The number of hydrogen-bond donors (Lipinski definition) is 2. The van der Waals surface area contributed by atoms with Gasteiger partial charge in [0.1, 0.15) is 0 Å². The molecule has 142 valence electrons. The van der Waals surface area contributed by atoms with E-state index in [1.54, 1.807) is 24.3 Å². The van der Waals surface area contributed by atoms with Gasteiger partial charge < -0.3 is 15.5 Å². The molecule has 0 radical (unpaired) electrons. The van der Waals surface area contributed by atoms with Gasteiger partial charge in [0.25, 0.3) is 0 Å². The zero-order valence-electron chi connectivity index (χ0n) is 15.2. The number of nitrogens with one attached hydrogen (secondary N) is 2. The van der Waals surface area contributed by atoms with Crippen molar-refractivity contribution < 1.29 is 9.59 Å². The maximum Gasteiger partial charge on any atom is 0.243 e. The van der Waals surface area contributed by atoms with Gasteiger partial charge in [-0.25, -0.2) is 0 Å². The Morgan fingerprint density at radius 3 is 2.22 bits per heavy atom. The number of amides is 2. The Hall–Kier alpha value is -2.53. The molecule has 3 rings (SSSR count). The first-order valence-electron chi connectivity index (χ1n) is 9.26. The summed E-state index contributed by atoms with van der Waals surface area (Å²) >= 11 is 5.83. The van der Waals surface area contributed by atoms with Crippen molar-refractivity contribution in [3.05, 3.63) is 59.1 Å². The Bertz CT molecular complexity index is 769. The number of piperidine rings is 1. The first kappa shape index (κ1) is 19.2. The second-order valence-corrected chi connectivity index (χ2v) is 7.16. The minimum Gasteiger partial charge on any atom is -0.372 e. The van der Waals surface area contributed by atoms with Crippen LogP contribution in [-0.2, 0) is 16.0 Å². The van der Waals surface area contributed by atoms with Gasteiger partial charge in [-0.2, -0.15) is 0 Å². The number of nitrogens with zero attached hydrogens (tertiary/aromatic N) is 1. The highest BCUT2D eigenvalue weighted by Gasteiger charge is 2.11. The Morgan fingerprint density at radius 2 is 1.56 bits per heavy atom. The molecule has 0 aromatic heterocycles. The van der Waals surface area contributed by atoms with E-state index in [1.807, 2.05) is 24.3 Å². The second-order valence-electron chi connectivity index (χ2n) is 6.72. The average molecular weight is 386 g/mol. The van der Waals surface area contributed by atoms with Gasteiger partial charge in [-0.1, -0.05) is 23.7 Å². The highest BCUT2D eigenvalue weighted by molar-refractivity contribution is 6.30. The number of hydrogen-bond acceptors (Lipinski definition) is 3. The summed E-state index contributed by atoms with van der Waals surface area (Å²) in [6.45, 7) is 2.12. The second kappa shape index (κ2) is 9.42. The summed E-state index contributed by atoms with van der Waals surface area (Å²) in [5.74, 6) is -0.446. The fourth-order valence-electron chi connectivity index (χ4n) is 3.14. The van der Waals surface area contributed by atoms with E-state index < -0.39 is 0 Å². The van der Waals surface area contributed by atoms with Crippen LogP contribution >= 0.6 is 11.6 Å². The van der Waals surface area contributed by atoms with Crippen molar-refractivity contribution in [2.75, 3.05) is 29.9 Å². The molecule has 27 heavy (non-hydrogen) atoms. The molecule has 0 aliphatic carbocycles. The first-order chi connectivity index (χ1) is 13.1. The predicted molar refractivity (Wildman–Crippen MR) is 109 cm³/mol. The largest absolute Gasteiger partial charge is 0.372 e. The molecule has 1 aliphatic heterocycles. The van der Waals surface area contributed by atoms with Gasteiger partial charge >= 0.3 is 0 Å². The molecule has 0 saturated carbocycles. The zero-order chi connectivity index (χ0) is 19.1. The molecule has 1 heterocycles. The number of halogens is 1. The van der Waals surface area contributed by atoms with Gasteiger partial charge in [-0.3, -0.25) is 9.59 Å². The molecule has 2 amide bonds. The van der Waals surface area contributed by atoms with E-state index in [9.17, 15) is 9.59 Å². The molecule has 0 unspecified atom stereocenters. The summed E-state index contributed by atoms with van der Waals surface area (Å²) in [4.78, 5) is 26.4. The van der Waals surface area contributed by atoms with E-state index >= 15 is 0 Å².